The summed E-state index contributed by atoms with van der Waals surface area (Å²) >= 11 is 3.50. The molecule has 136 valence electrons. The number of para-hydroxylation sites is 1. The molecule has 0 bridgehead atoms. The Morgan fingerprint density at radius 1 is 1.26 bits per heavy atom. The predicted molar refractivity (Wildman–Crippen MR) is 104 cm³/mol. The second-order valence-electron chi connectivity index (χ2n) is 5.84. The number of carbonyl (C=O) groups excluding carboxylic acids is 1. The molecule has 0 saturated heterocycles. The quantitative estimate of drug-likeness (QED) is 0.520. The summed E-state index contributed by atoms with van der Waals surface area (Å²) in [4.78, 5) is 15.9. The van der Waals surface area contributed by atoms with E-state index in [9.17, 15) is 4.79 Å². The van der Waals surface area contributed by atoms with E-state index in [2.05, 4.69) is 41.8 Å². The van der Waals surface area contributed by atoms with Crippen LogP contribution in [-0.2, 0) is 0 Å². The van der Waals surface area contributed by atoms with Crippen molar-refractivity contribution in [3.8, 4) is 11.4 Å². The Balaban J connectivity index is 1.69. The summed E-state index contributed by atoms with van der Waals surface area (Å²) in [5.41, 5.74) is 2.56. The van der Waals surface area contributed by atoms with Crippen LogP contribution in [0.25, 0.3) is 16.6 Å². The van der Waals surface area contributed by atoms with Gasteiger partial charge < -0.3 is 15.0 Å². The number of aromatic nitrogens is 5. The second kappa shape index (κ2) is 6.84. The number of nitrogens with one attached hydrogen (secondary N) is 2. The van der Waals surface area contributed by atoms with Crippen molar-refractivity contribution in [2.45, 2.75) is 6.92 Å². The molecule has 0 aliphatic carbocycles. The number of hydrogen-bond acceptors (Lipinski definition) is 5. The highest BCUT2D eigenvalue weighted by molar-refractivity contribution is 9.10. The van der Waals surface area contributed by atoms with Crippen LogP contribution in [0.2, 0.25) is 0 Å². The van der Waals surface area contributed by atoms with Crippen LogP contribution in [-0.4, -0.2) is 38.2 Å². The lowest BCUT2D eigenvalue weighted by atomic mass is 10.2. The lowest BCUT2D eigenvalue weighted by Gasteiger charge is -2.11. The van der Waals surface area contributed by atoms with Crippen LogP contribution < -0.4 is 10.1 Å². The molecule has 4 rings (SSSR count). The topological polar surface area (TPSA) is 97.7 Å². The van der Waals surface area contributed by atoms with Crippen LogP contribution in [0.5, 0.6) is 5.75 Å². The number of aromatic amines is 1. The van der Waals surface area contributed by atoms with E-state index in [-0.39, 0.29) is 5.91 Å². The highest BCUT2D eigenvalue weighted by atomic mass is 79.9. The SMILES string of the molecule is COc1ccc(NC(=O)c2[nH]c3ccccc3c2Br)cc1-n1nnnc1C. The monoisotopic (exact) mass is 426 g/mol. The number of methoxy groups -OCH3 is 1. The average molecular weight is 427 g/mol. The van der Waals surface area contributed by atoms with E-state index in [0.717, 1.165) is 15.4 Å². The lowest BCUT2D eigenvalue weighted by Crippen LogP contribution is -2.13. The molecule has 0 fully saturated rings. The van der Waals surface area contributed by atoms with Crippen molar-refractivity contribution >= 4 is 38.4 Å². The molecule has 4 aromatic rings. The molecule has 0 unspecified atom stereocenters. The minimum Gasteiger partial charge on any atom is -0.494 e. The molecule has 0 radical (unpaired) electrons. The molecule has 1 amide bonds. The minimum absolute atomic E-state index is 0.261. The third-order valence-electron chi connectivity index (χ3n) is 4.16. The molecule has 0 atom stereocenters. The summed E-state index contributed by atoms with van der Waals surface area (Å²) < 4.78 is 7.66. The van der Waals surface area contributed by atoms with Gasteiger partial charge in [0.25, 0.3) is 5.91 Å². The zero-order valence-electron chi connectivity index (χ0n) is 14.5. The molecule has 2 heterocycles. The zero-order chi connectivity index (χ0) is 19.0. The van der Waals surface area contributed by atoms with Gasteiger partial charge in [0.05, 0.1) is 11.6 Å². The first-order valence-corrected chi connectivity index (χ1v) is 8.88. The van der Waals surface area contributed by atoms with Crippen LogP contribution in [0.1, 0.15) is 16.3 Å². The Morgan fingerprint density at radius 2 is 2.07 bits per heavy atom. The van der Waals surface area contributed by atoms with Gasteiger partial charge in [0.15, 0.2) is 5.82 Å². The molecule has 0 spiro atoms. The number of hydrogen-bond donors (Lipinski definition) is 2. The largest absolute Gasteiger partial charge is 0.494 e. The summed E-state index contributed by atoms with van der Waals surface area (Å²) in [6.45, 7) is 1.78. The first-order valence-electron chi connectivity index (χ1n) is 8.09. The first kappa shape index (κ1) is 17.2. The van der Waals surface area contributed by atoms with Gasteiger partial charge in [-0.15, -0.1) is 5.10 Å². The van der Waals surface area contributed by atoms with Gasteiger partial charge >= 0.3 is 0 Å². The molecule has 0 saturated carbocycles. The number of amides is 1. The van der Waals surface area contributed by atoms with Crippen LogP contribution in [0.3, 0.4) is 0 Å². The Morgan fingerprint density at radius 3 is 2.78 bits per heavy atom. The standard InChI is InChI=1S/C18H15BrN6O2/c1-10-22-23-24-25(10)14-9-11(7-8-15(14)27-2)20-18(26)17-16(19)12-5-3-4-6-13(12)21-17/h3-9,21H,1-2H3,(H,20,26). The van der Waals surface area contributed by atoms with E-state index < -0.39 is 0 Å². The second-order valence-corrected chi connectivity index (χ2v) is 6.63. The van der Waals surface area contributed by atoms with Crippen molar-refractivity contribution in [2.24, 2.45) is 0 Å². The van der Waals surface area contributed by atoms with Crippen LogP contribution >= 0.6 is 15.9 Å². The number of nitrogens with zero attached hydrogens (tertiary/aromatic N) is 4. The van der Waals surface area contributed by atoms with Gasteiger partial charge in [0, 0.05) is 16.6 Å². The number of anilines is 1. The summed E-state index contributed by atoms with van der Waals surface area (Å²) in [6.07, 6.45) is 0. The maximum atomic E-state index is 12.8. The van der Waals surface area contributed by atoms with Gasteiger partial charge in [-0.1, -0.05) is 18.2 Å². The fourth-order valence-electron chi connectivity index (χ4n) is 2.85. The number of rotatable bonds is 4. The number of fused-ring (bicyclic) bond motifs is 1. The number of carbonyl (C=O) groups is 1. The maximum Gasteiger partial charge on any atom is 0.273 e. The van der Waals surface area contributed by atoms with Crippen molar-refractivity contribution in [1.29, 1.82) is 0 Å². The maximum absolute atomic E-state index is 12.8. The van der Waals surface area contributed by atoms with Crippen molar-refractivity contribution < 1.29 is 9.53 Å². The predicted octanol–water partition coefficient (Wildman–Crippen LogP) is 3.48. The average Bonchev–Trinajstić information content (AvgIpc) is 3.25. The molecular weight excluding hydrogens is 412 g/mol. The number of tetrazole rings is 1. The number of H-pyrrole nitrogens is 1. The van der Waals surface area contributed by atoms with Crippen molar-refractivity contribution in [2.75, 3.05) is 12.4 Å². The fraction of sp³-hybridized carbons (Fsp3) is 0.111. The molecule has 0 aliphatic rings. The van der Waals surface area contributed by atoms with E-state index in [4.69, 9.17) is 4.74 Å². The van der Waals surface area contributed by atoms with Gasteiger partial charge in [-0.25, -0.2) is 0 Å². The lowest BCUT2D eigenvalue weighted by molar-refractivity contribution is 0.102. The van der Waals surface area contributed by atoms with Crippen LogP contribution in [0.4, 0.5) is 5.69 Å². The number of aryl methyl sites for hydroxylation is 1. The molecule has 2 N–H and O–H groups in total. The fourth-order valence-corrected chi connectivity index (χ4v) is 3.47. The molecule has 2 aromatic heterocycles. The van der Waals surface area contributed by atoms with Gasteiger partial charge in [-0.05, 0) is 57.5 Å². The number of ether oxygens (including phenoxy) is 1. The summed E-state index contributed by atoms with van der Waals surface area (Å²) in [5, 5.41) is 15.4. The van der Waals surface area contributed by atoms with Gasteiger partial charge in [-0.3, -0.25) is 4.79 Å². The minimum atomic E-state index is -0.261. The summed E-state index contributed by atoms with van der Waals surface area (Å²) in [6, 6.07) is 13.0. The van der Waals surface area contributed by atoms with E-state index in [1.54, 1.807) is 36.9 Å². The third-order valence-corrected chi connectivity index (χ3v) is 4.98. The van der Waals surface area contributed by atoms with Crippen molar-refractivity contribution in [3.05, 3.63) is 58.5 Å². The summed E-state index contributed by atoms with van der Waals surface area (Å²) in [7, 11) is 1.57. The van der Waals surface area contributed by atoms with Crippen LogP contribution in [0.15, 0.2) is 46.9 Å². The third kappa shape index (κ3) is 3.06. The Hall–Kier alpha value is -3.20. The molecular formula is C18H15BrN6O2. The zero-order valence-corrected chi connectivity index (χ0v) is 16.1. The normalized spacial score (nSPS) is 10.9. The smallest absolute Gasteiger partial charge is 0.273 e. The van der Waals surface area contributed by atoms with Crippen molar-refractivity contribution in [1.82, 2.24) is 25.2 Å². The molecule has 2 aromatic carbocycles. The highest BCUT2D eigenvalue weighted by Gasteiger charge is 2.17. The molecule has 27 heavy (non-hydrogen) atoms. The highest BCUT2D eigenvalue weighted by Crippen LogP contribution is 2.30. The van der Waals surface area contributed by atoms with Gasteiger partial charge in [0.1, 0.15) is 17.1 Å². The molecule has 0 aliphatic heterocycles. The van der Waals surface area contributed by atoms with Crippen LogP contribution in [0, 0.1) is 6.92 Å². The first-order chi connectivity index (χ1) is 13.1. The van der Waals surface area contributed by atoms with E-state index in [1.165, 1.54) is 0 Å². The number of benzene rings is 2. The van der Waals surface area contributed by atoms with E-state index >= 15 is 0 Å². The van der Waals surface area contributed by atoms with Gasteiger partial charge in [0.2, 0.25) is 0 Å². The Kier molecular flexibility index (Phi) is 4.36. The molecule has 9 heteroatoms. The number of halogens is 1. The molecule has 8 nitrogen and oxygen atoms in total. The summed E-state index contributed by atoms with van der Waals surface area (Å²) in [5.74, 6) is 0.938. The van der Waals surface area contributed by atoms with E-state index in [1.807, 2.05) is 24.3 Å². The van der Waals surface area contributed by atoms with Gasteiger partial charge in [-0.2, -0.15) is 4.68 Å². The Labute approximate surface area is 162 Å². The van der Waals surface area contributed by atoms with Crippen molar-refractivity contribution in [3.63, 3.8) is 0 Å². The Bertz CT molecular complexity index is 1150. The van der Waals surface area contributed by atoms with E-state index in [0.29, 0.717) is 28.6 Å².